The van der Waals surface area contributed by atoms with Crippen molar-refractivity contribution in [2.45, 2.75) is 40.5 Å². The molecule has 2 aromatic rings. The average molecular weight is 383 g/mol. The molecule has 0 radical (unpaired) electrons. The van der Waals surface area contributed by atoms with Gasteiger partial charge in [0.2, 0.25) is 0 Å². The Balaban J connectivity index is 1.99. The smallest absolute Gasteiger partial charge is 0.262 e. The van der Waals surface area contributed by atoms with Gasteiger partial charge in [-0.05, 0) is 56.5 Å². The summed E-state index contributed by atoms with van der Waals surface area (Å²) in [6.07, 6.45) is 1.83. The van der Waals surface area contributed by atoms with Crippen LogP contribution < -0.4 is 10.1 Å². The first-order valence-corrected chi connectivity index (χ1v) is 9.83. The number of benzene rings is 2. The zero-order valence-electron chi connectivity index (χ0n) is 17.2. The van der Waals surface area contributed by atoms with Gasteiger partial charge in [-0.3, -0.25) is 9.59 Å². The lowest BCUT2D eigenvalue weighted by Crippen LogP contribution is -2.32. The number of anilines is 1. The van der Waals surface area contributed by atoms with E-state index in [0.29, 0.717) is 17.0 Å². The van der Waals surface area contributed by atoms with Crippen LogP contribution in [0.2, 0.25) is 0 Å². The zero-order valence-corrected chi connectivity index (χ0v) is 17.2. The van der Waals surface area contributed by atoms with Crippen molar-refractivity contribution in [1.29, 1.82) is 0 Å². The van der Waals surface area contributed by atoms with E-state index in [-0.39, 0.29) is 18.4 Å². The predicted molar refractivity (Wildman–Crippen MR) is 113 cm³/mol. The molecule has 1 N–H and O–H groups in total. The highest BCUT2D eigenvalue weighted by molar-refractivity contribution is 5.97. The van der Waals surface area contributed by atoms with E-state index in [1.54, 1.807) is 24.3 Å². The Bertz CT molecular complexity index is 811. The third-order valence-corrected chi connectivity index (χ3v) is 4.36. The van der Waals surface area contributed by atoms with Gasteiger partial charge in [0.15, 0.2) is 6.61 Å². The highest BCUT2D eigenvalue weighted by Gasteiger charge is 2.15. The number of nitrogens with zero attached hydrogens (tertiary/aromatic N) is 1. The highest BCUT2D eigenvalue weighted by Crippen LogP contribution is 2.19. The second-order valence-electron chi connectivity index (χ2n) is 6.98. The summed E-state index contributed by atoms with van der Waals surface area (Å²) in [6, 6.07) is 12.9. The van der Waals surface area contributed by atoms with Crippen molar-refractivity contribution in [3.8, 4) is 5.75 Å². The number of carbonyl (C=O) groups is 2. The Morgan fingerprint density at radius 2 is 1.71 bits per heavy atom. The minimum atomic E-state index is -0.261. The molecule has 2 rings (SSSR count). The van der Waals surface area contributed by atoms with Crippen molar-refractivity contribution < 1.29 is 14.3 Å². The number of hydrogen-bond acceptors (Lipinski definition) is 3. The first-order chi connectivity index (χ1) is 13.4. The molecular formula is C23H30N2O3. The number of hydrogen-bond donors (Lipinski definition) is 1. The lowest BCUT2D eigenvalue weighted by Gasteiger charge is -2.21. The van der Waals surface area contributed by atoms with E-state index in [9.17, 15) is 9.59 Å². The first-order valence-electron chi connectivity index (χ1n) is 9.83. The van der Waals surface area contributed by atoms with Gasteiger partial charge < -0.3 is 15.0 Å². The number of amides is 2. The molecular weight excluding hydrogens is 352 g/mol. The van der Waals surface area contributed by atoms with Crippen LogP contribution in [-0.4, -0.2) is 36.4 Å². The van der Waals surface area contributed by atoms with Crippen LogP contribution >= 0.6 is 0 Å². The van der Waals surface area contributed by atoms with Crippen LogP contribution in [0.1, 0.15) is 48.2 Å². The molecule has 2 amide bonds. The van der Waals surface area contributed by atoms with Crippen LogP contribution in [0.25, 0.3) is 0 Å². The van der Waals surface area contributed by atoms with Crippen LogP contribution in [-0.2, 0) is 4.79 Å². The van der Waals surface area contributed by atoms with Gasteiger partial charge in [0, 0.05) is 24.3 Å². The fourth-order valence-corrected chi connectivity index (χ4v) is 3.07. The largest absolute Gasteiger partial charge is 0.483 e. The molecule has 0 aliphatic carbocycles. The molecule has 0 spiro atoms. The lowest BCUT2D eigenvalue weighted by molar-refractivity contribution is -0.118. The van der Waals surface area contributed by atoms with E-state index in [2.05, 4.69) is 19.2 Å². The van der Waals surface area contributed by atoms with Crippen LogP contribution in [0.4, 0.5) is 5.69 Å². The normalized spacial score (nSPS) is 10.4. The van der Waals surface area contributed by atoms with Gasteiger partial charge in [0.05, 0.1) is 0 Å². The fraction of sp³-hybridized carbons (Fsp3) is 0.391. The fourth-order valence-electron chi connectivity index (χ4n) is 3.07. The van der Waals surface area contributed by atoms with Gasteiger partial charge in [-0.15, -0.1) is 0 Å². The van der Waals surface area contributed by atoms with Crippen molar-refractivity contribution >= 4 is 17.5 Å². The van der Waals surface area contributed by atoms with Gasteiger partial charge in [0.25, 0.3) is 11.8 Å². The minimum Gasteiger partial charge on any atom is -0.483 e. The van der Waals surface area contributed by atoms with Crippen LogP contribution in [0, 0.1) is 13.8 Å². The van der Waals surface area contributed by atoms with Gasteiger partial charge in [-0.1, -0.05) is 37.6 Å². The monoisotopic (exact) mass is 382 g/mol. The summed E-state index contributed by atoms with van der Waals surface area (Å²) >= 11 is 0. The molecule has 150 valence electrons. The maximum absolute atomic E-state index is 12.7. The van der Waals surface area contributed by atoms with Crippen LogP contribution in [0.15, 0.2) is 42.5 Å². The topological polar surface area (TPSA) is 58.6 Å². The molecule has 0 bridgehead atoms. The van der Waals surface area contributed by atoms with Gasteiger partial charge in [-0.2, -0.15) is 0 Å². The Kier molecular flexibility index (Phi) is 8.05. The summed E-state index contributed by atoms with van der Waals surface area (Å²) in [5.74, 6) is 0.425. The molecule has 5 nitrogen and oxygen atoms in total. The molecule has 0 aliphatic rings. The SMILES string of the molecule is CCCN(CCC)C(=O)c1cccc(NC(=O)COc2ccc(C)cc2C)c1. The van der Waals surface area contributed by atoms with E-state index < -0.39 is 0 Å². The second-order valence-corrected chi connectivity index (χ2v) is 6.98. The molecule has 0 aromatic heterocycles. The quantitative estimate of drug-likeness (QED) is 0.690. The molecule has 2 aromatic carbocycles. The van der Waals surface area contributed by atoms with E-state index in [0.717, 1.165) is 37.1 Å². The van der Waals surface area contributed by atoms with Crippen molar-refractivity contribution in [2.75, 3.05) is 25.0 Å². The summed E-state index contributed by atoms with van der Waals surface area (Å²) in [7, 11) is 0. The Hall–Kier alpha value is -2.82. The summed E-state index contributed by atoms with van der Waals surface area (Å²) in [5.41, 5.74) is 3.31. The third kappa shape index (κ3) is 6.12. The minimum absolute atomic E-state index is 0.00803. The van der Waals surface area contributed by atoms with Crippen molar-refractivity contribution in [1.82, 2.24) is 4.90 Å². The van der Waals surface area contributed by atoms with Crippen LogP contribution in [0.3, 0.4) is 0 Å². The van der Waals surface area contributed by atoms with E-state index in [4.69, 9.17) is 4.74 Å². The molecule has 5 heteroatoms. The molecule has 0 atom stereocenters. The molecule has 28 heavy (non-hydrogen) atoms. The molecule has 0 unspecified atom stereocenters. The van der Waals surface area contributed by atoms with Gasteiger partial charge in [-0.25, -0.2) is 0 Å². The molecule has 0 heterocycles. The molecule has 0 fully saturated rings. The van der Waals surface area contributed by atoms with E-state index in [1.165, 1.54) is 0 Å². The second kappa shape index (κ2) is 10.5. The van der Waals surface area contributed by atoms with Crippen LogP contribution in [0.5, 0.6) is 5.75 Å². The number of carbonyl (C=O) groups excluding carboxylic acids is 2. The Morgan fingerprint density at radius 1 is 1.00 bits per heavy atom. The van der Waals surface area contributed by atoms with E-state index >= 15 is 0 Å². The predicted octanol–water partition coefficient (Wildman–Crippen LogP) is 4.58. The first kappa shape index (κ1) is 21.5. The summed E-state index contributed by atoms with van der Waals surface area (Å²) in [4.78, 5) is 26.8. The average Bonchev–Trinajstić information content (AvgIpc) is 2.67. The van der Waals surface area contributed by atoms with E-state index in [1.807, 2.05) is 36.9 Å². The standard InChI is InChI=1S/C23H30N2O3/c1-5-12-25(13-6-2)23(27)19-8-7-9-20(15-19)24-22(26)16-28-21-11-10-17(3)14-18(21)4/h7-11,14-15H,5-6,12-13,16H2,1-4H3,(H,24,26). The lowest BCUT2D eigenvalue weighted by atomic mass is 10.1. The number of ether oxygens (including phenoxy) is 1. The maximum Gasteiger partial charge on any atom is 0.262 e. The highest BCUT2D eigenvalue weighted by atomic mass is 16.5. The summed E-state index contributed by atoms with van der Waals surface area (Å²) in [6.45, 7) is 9.46. The third-order valence-electron chi connectivity index (χ3n) is 4.36. The van der Waals surface area contributed by atoms with Crippen molar-refractivity contribution in [2.24, 2.45) is 0 Å². The molecule has 0 aliphatic heterocycles. The molecule has 0 saturated heterocycles. The molecule has 0 saturated carbocycles. The number of nitrogens with one attached hydrogen (secondary N) is 1. The number of rotatable bonds is 9. The summed E-state index contributed by atoms with van der Waals surface area (Å²) in [5, 5.41) is 2.81. The van der Waals surface area contributed by atoms with Crippen molar-refractivity contribution in [3.05, 3.63) is 59.2 Å². The Morgan fingerprint density at radius 3 is 2.36 bits per heavy atom. The number of aryl methyl sites for hydroxylation is 2. The van der Waals surface area contributed by atoms with Gasteiger partial charge >= 0.3 is 0 Å². The summed E-state index contributed by atoms with van der Waals surface area (Å²) < 4.78 is 5.62. The zero-order chi connectivity index (χ0) is 20.5. The van der Waals surface area contributed by atoms with Crippen molar-refractivity contribution in [3.63, 3.8) is 0 Å². The van der Waals surface area contributed by atoms with Gasteiger partial charge in [0.1, 0.15) is 5.75 Å². The maximum atomic E-state index is 12.7. The Labute approximate surface area is 167 Å².